The summed E-state index contributed by atoms with van der Waals surface area (Å²) < 4.78 is 0. The number of carbonyl (C=O) groups excluding carboxylic acids is 2. The number of amides is 1. The minimum Gasteiger partial charge on any atom is -0.375 e. The van der Waals surface area contributed by atoms with Gasteiger partial charge in [0.1, 0.15) is 0 Å². The maximum absolute atomic E-state index is 12.5. The normalized spacial score (nSPS) is 20.2. The molecule has 0 radical (unpaired) electrons. The van der Waals surface area contributed by atoms with E-state index in [1.807, 2.05) is 0 Å². The molecule has 6 nitrogen and oxygen atoms in total. The molecule has 1 aromatic carbocycles. The first kappa shape index (κ1) is 13.5. The van der Waals surface area contributed by atoms with Gasteiger partial charge in [-0.1, -0.05) is 18.2 Å². The second-order valence-electron chi connectivity index (χ2n) is 5.27. The number of anilines is 1. The molecule has 0 bridgehead atoms. The van der Waals surface area contributed by atoms with E-state index in [9.17, 15) is 14.7 Å². The van der Waals surface area contributed by atoms with Gasteiger partial charge >= 0.3 is 0 Å². The van der Waals surface area contributed by atoms with Crippen molar-refractivity contribution in [2.75, 3.05) is 5.32 Å². The Balaban J connectivity index is 1.98. The van der Waals surface area contributed by atoms with Gasteiger partial charge in [0.15, 0.2) is 11.4 Å². The first-order chi connectivity index (χ1) is 9.93. The van der Waals surface area contributed by atoms with Crippen molar-refractivity contribution in [1.29, 1.82) is 0 Å². The lowest BCUT2D eigenvalue weighted by Crippen LogP contribution is -2.36. The topological polar surface area (TPSA) is 95.1 Å². The van der Waals surface area contributed by atoms with E-state index >= 15 is 0 Å². The summed E-state index contributed by atoms with van der Waals surface area (Å²) in [4.78, 5) is 24.6. The molecule has 0 saturated heterocycles. The van der Waals surface area contributed by atoms with Crippen LogP contribution in [-0.4, -0.2) is 27.0 Å². The Hall–Kier alpha value is -2.47. The molecule has 2 heterocycles. The molecule has 108 valence electrons. The van der Waals surface area contributed by atoms with E-state index in [2.05, 4.69) is 15.5 Å². The van der Waals surface area contributed by atoms with Gasteiger partial charge in [0.05, 0.1) is 17.7 Å². The minimum absolute atomic E-state index is 0.308. The highest BCUT2D eigenvalue weighted by molar-refractivity contribution is 6.09. The number of aromatic amines is 1. The van der Waals surface area contributed by atoms with Crippen LogP contribution in [-0.2, 0) is 10.4 Å². The van der Waals surface area contributed by atoms with Gasteiger partial charge in [-0.05, 0) is 19.9 Å². The lowest BCUT2D eigenvalue weighted by atomic mass is 9.88. The van der Waals surface area contributed by atoms with Crippen molar-refractivity contribution in [3.8, 4) is 0 Å². The fourth-order valence-electron chi connectivity index (χ4n) is 2.76. The summed E-state index contributed by atoms with van der Waals surface area (Å²) in [5.41, 5.74) is 0.769. The molecule has 1 aromatic heterocycles. The Kier molecular flexibility index (Phi) is 2.91. The lowest BCUT2D eigenvalue weighted by Gasteiger charge is -2.19. The number of para-hydroxylation sites is 1. The second-order valence-corrected chi connectivity index (χ2v) is 5.27. The summed E-state index contributed by atoms with van der Waals surface area (Å²) in [7, 11) is 0. The maximum Gasteiger partial charge on any atom is 0.261 e. The fourth-order valence-corrected chi connectivity index (χ4v) is 2.76. The van der Waals surface area contributed by atoms with Crippen LogP contribution in [0.4, 0.5) is 5.69 Å². The number of nitrogens with zero attached hydrogens (tertiary/aromatic N) is 1. The SMILES string of the molecule is Cc1n[nH]c(C)c1C(=O)C[C@@]1(O)C(=O)Nc2ccccc21. The Morgan fingerprint density at radius 3 is 2.71 bits per heavy atom. The van der Waals surface area contributed by atoms with Crippen LogP contribution in [0.1, 0.15) is 33.7 Å². The van der Waals surface area contributed by atoms with Gasteiger partial charge in [-0.25, -0.2) is 0 Å². The van der Waals surface area contributed by atoms with Gasteiger partial charge < -0.3 is 10.4 Å². The number of aromatic nitrogens is 2. The number of aliphatic hydroxyl groups is 1. The highest BCUT2D eigenvalue weighted by Crippen LogP contribution is 2.39. The Bertz CT molecular complexity index is 731. The van der Waals surface area contributed by atoms with Crippen LogP contribution in [0.15, 0.2) is 24.3 Å². The number of nitrogens with one attached hydrogen (secondary N) is 2. The molecule has 0 saturated carbocycles. The van der Waals surface area contributed by atoms with Crippen molar-refractivity contribution in [1.82, 2.24) is 10.2 Å². The van der Waals surface area contributed by atoms with Crippen molar-refractivity contribution < 1.29 is 14.7 Å². The molecule has 0 aliphatic carbocycles. The van der Waals surface area contributed by atoms with Crippen LogP contribution >= 0.6 is 0 Å². The van der Waals surface area contributed by atoms with E-state index in [0.29, 0.717) is 28.2 Å². The van der Waals surface area contributed by atoms with Crippen LogP contribution in [0.5, 0.6) is 0 Å². The maximum atomic E-state index is 12.5. The third kappa shape index (κ3) is 1.95. The van der Waals surface area contributed by atoms with Crippen LogP contribution < -0.4 is 5.32 Å². The third-order valence-electron chi connectivity index (χ3n) is 3.82. The van der Waals surface area contributed by atoms with Gasteiger partial charge in [0, 0.05) is 16.9 Å². The molecule has 21 heavy (non-hydrogen) atoms. The number of hydrogen-bond acceptors (Lipinski definition) is 4. The first-order valence-electron chi connectivity index (χ1n) is 6.61. The van der Waals surface area contributed by atoms with Gasteiger partial charge in [0.25, 0.3) is 5.91 Å². The molecule has 3 N–H and O–H groups in total. The fraction of sp³-hybridized carbons (Fsp3) is 0.267. The lowest BCUT2D eigenvalue weighted by molar-refractivity contribution is -0.133. The molecule has 3 rings (SSSR count). The van der Waals surface area contributed by atoms with E-state index in [0.717, 1.165) is 0 Å². The number of hydrogen-bond donors (Lipinski definition) is 3. The quantitative estimate of drug-likeness (QED) is 0.744. The molecule has 6 heteroatoms. The number of H-pyrrole nitrogens is 1. The van der Waals surface area contributed by atoms with Crippen molar-refractivity contribution in [3.63, 3.8) is 0 Å². The Labute approximate surface area is 121 Å². The number of Topliss-reactive ketones (excluding diaryl/α,β-unsaturated/α-hetero) is 1. The molecule has 0 spiro atoms. The van der Waals surface area contributed by atoms with Crippen LogP contribution in [0.3, 0.4) is 0 Å². The van der Waals surface area contributed by atoms with Gasteiger partial charge in [-0.2, -0.15) is 5.10 Å². The zero-order valence-corrected chi connectivity index (χ0v) is 11.7. The zero-order valence-electron chi connectivity index (χ0n) is 11.7. The molecule has 1 atom stereocenters. The number of aryl methyl sites for hydroxylation is 2. The van der Waals surface area contributed by atoms with Gasteiger partial charge in [0.2, 0.25) is 0 Å². The zero-order chi connectivity index (χ0) is 15.2. The van der Waals surface area contributed by atoms with Gasteiger partial charge in [-0.15, -0.1) is 0 Å². The molecular formula is C15H15N3O3. The van der Waals surface area contributed by atoms with Crippen molar-refractivity contribution in [2.24, 2.45) is 0 Å². The van der Waals surface area contributed by atoms with Crippen molar-refractivity contribution in [2.45, 2.75) is 25.9 Å². The molecule has 2 aromatic rings. The summed E-state index contributed by atoms with van der Waals surface area (Å²) in [6.45, 7) is 3.45. The first-order valence-corrected chi connectivity index (χ1v) is 6.61. The second kappa shape index (κ2) is 4.53. The molecular weight excluding hydrogens is 270 g/mol. The number of fused-ring (bicyclic) bond motifs is 1. The van der Waals surface area contributed by atoms with E-state index in [4.69, 9.17) is 0 Å². The van der Waals surface area contributed by atoms with E-state index in [1.54, 1.807) is 38.1 Å². The number of benzene rings is 1. The average Bonchev–Trinajstić information content (AvgIpc) is 2.89. The molecule has 1 amide bonds. The van der Waals surface area contributed by atoms with Crippen LogP contribution in [0.2, 0.25) is 0 Å². The Morgan fingerprint density at radius 2 is 2.05 bits per heavy atom. The average molecular weight is 285 g/mol. The monoisotopic (exact) mass is 285 g/mol. The predicted molar refractivity (Wildman–Crippen MR) is 76.0 cm³/mol. The number of rotatable bonds is 3. The number of carbonyl (C=O) groups is 2. The molecule has 0 fully saturated rings. The molecule has 0 unspecified atom stereocenters. The predicted octanol–water partition coefficient (Wildman–Crippen LogP) is 1.44. The highest BCUT2D eigenvalue weighted by Gasteiger charge is 2.47. The standard InChI is InChI=1S/C15H15N3O3/c1-8-13(9(2)18-17-8)12(19)7-15(21)10-5-3-4-6-11(10)16-14(15)20/h3-6,21H,7H2,1-2H3,(H,16,20)(H,17,18)/t15-/m0/s1. The summed E-state index contributed by atoms with van der Waals surface area (Å²) in [5.74, 6) is -0.885. The van der Waals surface area contributed by atoms with Crippen molar-refractivity contribution in [3.05, 3.63) is 46.8 Å². The summed E-state index contributed by atoms with van der Waals surface area (Å²) in [6, 6.07) is 6.83. The van der Waals surface area contributed by atoms with E-state index < -0.39 is 11.5 Å². The summed E-state index contributed by atoms with van der Waals surface area (Å²) in [5, 5.41) is 20.0. The van der Waals surface area contributed by atoms with E-state index in [-0.39, 0.29) is 12.2 Å². The third-order valence-corrected chi connectivity index (χ3v) is 3.82. The van der Waals surface area contributed by atoms with E-state index in [1.165, 1.54) is 0 Å². The minimum atomic E-state index is -1.83. The largest absolute Gasteiger partial charge is 0.375 e. The summed E-state index contributed by atoms with van der Waals surface area (Å²) >= 11 is 0. The van der Waals surface area contributed by atoms with Gasteiger partial charge in [-0.3, -0.25) is 14.7 Å². The summed E-state index contributed by atoms with van der Waals surface area (Å²) in [6.07, 6.45) is -0.308. The smallest absolute Gasteiger partial charge is 0.261 e. The highest BCUT2D eigenvalue weighted by atomic mass is 16.3. The molecule has 1 aliphatic heterocycles. The van der Waals surface area contributed by atoms with Crippen LogP contribution in [0, 0.1) is 13.8 Å². The van der Waals surface area contributed by atoms with Crippen molar-refractivity contribution >= 4 is 17.4 Å². The van der Waals surface area contributed by atoms with Crippen LogP contribution in [0.25, 0.3) is 0 Å². The molecule has 1 aliphatic rings. The Morgan fingerprint density at radius 1 is 1.33 bits per heavy atom. The number of ketones is 1.